The normalized spacial score (nSPS) is 17.7. The maximum absolute atomic E-state index is 13.7. The number of anilines is 1. The second-order valence-electron chi connectivity index (χ2n) is 6.02. The smallest absolute Gasteiger partial charge is 0.410 e. The van der Waals surface area contributed by atoms with Crippen LogP contribution in [-0.2, 0) is 9.53 Å². The van der Waals surface area contributed by atoms with Crippen LogP contribution in [0.25, 0.3) is 0 Å². The van der Waals surface area contributed by atoms with Crippen molar-refractivity contribution in [3.63, 3.8) is 0 Å². The number of hydrogen-bond acceptors (Lipinski definition) is 4. The van der Waals surface area contributed by atoms with E-state index >= 15 is 0 Å². The maximum atomic E-state index is 13.7. The van der Waals surface area contributed by atoms with Gasteiger partial charge in [0, 0.05) is 7.05 Å². The zero-order chi connectivity index (χ0) is 16.5. The summed E-state index contributed by atoms with van der Waals surface area (Å²) in [5.41, 5.74) is -0.699. The van der Waals surface area contributed by atoms with Crippen molar-refractivity contribution in [3.05, 3.63) is 24.0 Å². The fraction of sp³-hybridized carbons (Fsp3) is 0.467. The number of benzene rings is 1. The number of para-hydroxylation sites is 1. The predicted molar refractivity (Wildman–Crippen MR) is 78.3 cm³/mol. The molecular formula is C15H19FN2O4. The van der Waals surface area contributed by atoms with Crippen molar-refractivity contribution in [3.8, 4) is 5.75 Å². The van der Waals surface area contributed by atoms with Crippen molar-refractivity contribution in [2.45, 2.75) is 32.4 Å². The first-order valence-electron chi connectivity index (χ1n) is 6.87. The molecule has 0 radical (unpaired) electrons. The minimum Gasteiger partial charge on any atom is -0.489 e. The third-order valence-corrected chi connectivity index (χ3v) is 3.07. The number of nitrogens with one attached hydrogen (secondary N) is 1. The van der Waals surface area contributed by atoms with Gasteiger partial charge >= 0.3 is 6.09 Å². The molecule has 0 unspecified atom stereocenters. The molecule has 1 N–H and O–H groups in total. The lowest BCUT2D eigenvalue weighted by Gasteiger charge is -2.28. The van der Waals surface area contributed by atoms with Gasteiger partial charge in [-0.05, 0) is 32.9 Å². The van der Waals surface area contributed by atoms with E-state index in [2.05, 4.69) is 5.32 Å². The molecule has 6 nitrogen and oxygen atoms in total. The molecule has 7 heteroatoms. The molecule has 1 aliphatic heterocycles. The summed E-state index contributed by atoms with van der Waals surface area (Å²) in [7, 11) is 1.44. The van der Waals surface area contributed by atoms with Gasteiger partial charge in [-0.1, -0.05) is 6.07 Å². The van der Waals surface area contributed by atoms with Crippen molar-refractivity contribution in [2.75, 3.05) is 19.0 Å². The lowest BCUT2D eigenvalue weighted by Crippen LogP contribution is -2.49. The Bertz CT molecular complexity index is 598. The summed E-state index contributed by atoms with van der Waals surface area (Å²) in [5, 5.41) is 2.45. The summed E-state index contributed by atoms with van der Waals surface area (Å²) >= 11 is 0. The molecule has 1 aromatic rings. The molecule has 0 bridgehead atoms. The van der Waals surface area contributed by atoms with E-state index in [1.165, 1.54) is 19.2 Å². The Morgan fingerprint density at radius 1 is 1.45 bits per heavy atom. The number of carbonyl (C=O) groups excluding carboxylic acids is 2. The van der Waals surface area contributed by atoms with Crippen LogP contribution in [0, 0.1) is 5.82 Å². The molecule has 1 heterocycles. The summed E-state index contributed by atoms with van der Waals surface area (Å²) in [6.07, 6.45) is -0.650. The van der Waals surface area contributed by atoms with E-state index in [0.717, 1.165) is 4.90 Å². The molecule has 0 saturated heterocycles. The zero-order valence-electron chi connectivity index (χ0n) is 13.0. The van der Waals surface area contributed by atoms with Gasteiger partial charge in [-0.3, -0.25) is 9.69 Å². The number of ether oxygens (including phenoxy) is 2. The average Bonchev–Trinajstić information content (AvgIpc) is 2.56. The molecule has 120 valence electrons. The lowest BCUT2D eigenvalue weighted by atomic mass is 10.2. The van der Waals surface area contributed by atoms with E-state index < -0.39 is 29.5 Å². The number of carbonyl (C=O) groups is 2. The molecule has 0 saturated carbocycles. The predicted octanol–water partition coefficient (Wildman–Crippen LogP) is 2.39. The highest BCUT2D eigenvalue weighted by Gasteiger charge is 2.34. The Hall–Kier alpha value is -2.31. The van der Waals surface area contributed by atoms with Crippen LogP contribution in [-0.4, -0.2) is 42.2 Å². The molecule has 0 aliphatic carbocycles. The van der Waals surface area contributed by atoms with Crippen molar-refractivity contribution < 1.29 is 23.5 Å². The van der Waals surface area contributed by atoms with E-state index in [0.29, 0.717) is 0 Å². The highest BCUT2D eigenvalue weighted by atomic mass is 19.1. The first-order chi connectivity index (χ1) is 10.2. The summed E-state index contributed by atoms with van der Waals surface area (Å²) in [6.45, 7) is 5.10. The fourth-order valence-corrected chi connectivity index (χ4v) is 1.95. The van der Waals surface area contributed by atoms with Gasteiger partial charge in [-0.25, -0.2) is 9.18 Å². The molecule has 2 rings (SSSR count). The first kappa shape index (κ1) is 16.1. The van der Waals surface area contributed by atoms with Crippen LogP contribution in [0.15, 0.2) is 18.2 Å². The van der Waals surface area contributed by atoms with Crippen LogP contribution >= 0.6 is 0 Å². The van der Waals surface area contributed by atoms with Gasteiger partial charge in [-0.2, -0.15) is 0 Å². The minimum atomic E-state index is -0.915. The Morgan fingerprint density at radius 2 is 2.14 bits per heavy atom. The zero-order valence-corrected chi connectivity index (χ0v) is 13.0. The van der Waals surface area contributed by atoms with Crippen molar-refractivity contribution in [1.82, 2.24) is 4.90 Å². The number of halogens is 1. The number of likely N-dealkylation sites (N-methyl/N-ethyl adjacent to an activating group) is 1. The van der Waals surface area contributed by atoms with Crippen LogP contribution < -0.4 is 10.1 Å². The first-order valence-corrected chi connectivity index (χ1v) is 6.87. The fourth-order valence-electron chi connectivity index (χ4n) is 1.95. The Labute approximate surface area is 128 Å². The summed E-state index contributed by atoms with van der Waals surface area (Å²) < 4.78 is 24.4. The minimum absolute atomic E-state index is 0.0208. The second kappa shape index (κ2) is 5.82. The number of fused-ring (bicyclic) bond motifs is 1. The molecule has 0 spiro atoms. The summed E-state index contributed by atoms with van der Waals surface area (Å²) in [6, 6.07) is 3.34. The molecule has 1 aromatic carbocycles. The van der Waals surface area contributed by atoms with Gasteiger partial charge in [0.05, 0.1) is 0 Å². The molecule has 1 aliphatic rings. The van der Waals surface area contributed by atoms with E-state index in [-0.39, 0.29) is 18.0 Å². The highest BCUT2D eigenvalue weighted by Crippen LogP contribution is 2.30. The van der Waals surface area contributed by atoms with Crippen molar-refractivity contribution >= 4 is 17.7 Å². The Morgan fingerprint density at radius 3 is 2.77 bits per heavy atom. The summed E-state index contributed by atoms with van der Waals surface area (Å²) in [5.74, 6) is -0.892. The third kappa shape index (κ3) is 3.47. The van der Waals surface area contributed by atoms with Gasteiger partial charge in [-0.15, -0.1) is 0 Å². The monoisotopic (exact) mass is 310 g/mol. The quantitative estimate of drug-likeness (QED) is 0.865. The summed E-state index contributed by atoms with van der Waals surface area (Å²) in [4.78, 5) is 25.4. The molecular weight excluding hydrogens is 291 g/mol. The van der Waals surface area contributed by atoms with Gasteiger partial charge in [0.1, 0.15) is 29.7 Å². The standard InChI is InChI=1S/C15H19FN2O4/c1-15(2,3)22-14(20)18(4)10-8-21-11-7-5-6-9(16)12(11)17-13(10)19/h5-7,10H,8H2,1-4H3,(H,17,19)/t10-/m0/s1. The molecule has 1 atom stereocenters. The molecule has 22 heavy (non-hydrogen) atoms. The number of hydrogen-bond donors (Lipinski definition) is 1. The Kier molecular flexibility index (Phi) is 4.25. The molecule has 0 aromatic heterocycles. The third-order valence-electron chi connectivity index (χ3n) is 3.07. The van der Waals surface area contributed by atoms with E-state index in [4.69, 9.17) is 9.47 Å². The largest absolute Gasteiger partial charge is 0.489 e. The Balaban J connectivity index is 2.16. The van der Waals surface area contributed by atoms with Gasteiger partial charge in [0.15, 0.2) is 5.82 Å². The number of rotatable bonds is 1. The SMILES string of the molecule is CN(C(=O)OC(C)(C)C)[C@H]1COc2cccc(F)c2NC1=O. The number of nitrogens with zero attached hydrogens (tertiary/aromatic N) is 1. The van der Waals surface area contributed by atoms with E-state index in [1.54, 1.807) is 26.8 Å². The van der Waals surface area contributed by atoms with Gasteiger partial charge < -0.3 is 14.8 Å². The molecule has 0 fully saturated rings. The number of amides is 2. The molecule has 2 amide bonds. The maximum Gasteiger partial charge on any atom is 0.410 e. The van der Waals surface area contributed by atoms with Crippen molar-refractivity contribution in [2.24, 2.45) is 0 Å². The highest BCUT2D eigenvalue weighted by molar-refractivity contribution is 5.98. The second-order valence-corrected chi connectivity index (χ2v) is 6.02. The van der Waals surface area contributed by atoms with Crippen LogP contribution in [0.1, 0.15) is 20.8 Å². The van der Waals surface area contributed by atoms with Crippen LogP contribution in [0.4, 0.5) is 14.9 Å². The van der Waals surface area contributed by atoms with E-state index in [1.807, 2.05) is 0 Å². The van der Waals surface area contributed by atoms with Crippen LogP contribution in [0.2, 0.25) is 0 Å². The lowest BCUT2D eigenvalue weighted by molar-refractivity contribution is -0.121. The topological polar surface area (TPSA) is 67.9 Å². The van der Waals surface area contributed by atoms with Crippen LogP contribution in [0.3, 0.4) is 0 Å². The van der Waals surface area contributed by atoms with Crippen LogP contribution in [0.5, 0.6) is 5.75 Å². The average molecular weight is 310 g/mol. The van der Waals surface area contributed by atoms with E-state index in [9.17, 15) is 14.0 Å². The van der Waals surface area contributed by atoms with Crippen molar-refractivity contribution in [1.29, 1.82) is 0 Å². The van der Waals surface area contributed by atoms with Gasteiger partial charge in [0.2, 0.25) is 0 Å². The van der Waals surface area contributed by atoms with Gasteiger partial charge in [0.25, 0.3) is 5.91 Å².